The third-order valence-corrected chi connectivity index (χ3v) is 4.43. The van der Waals surface area contributed by atoms with E-state index in [-0.39, 0.29) is 11.1 Å². The Morgan fingerprint density at radius 3 is 2.35 bits per heavy atom. The summed E-state index contributed by atoms with van der Waals surface area (Å²) in [6.45, 7) is 4.04. The normalized spacial score (nSPS) is 15.0. The molecular weight excluding hydrogens is 286 g/mol. The molecule has 4 nitrogen and oxygen atoms in total. The van der Waals surface area contributed by atoms with E-state index in [2.05, 4.69) is 22.0 Å². The van der Waals surface area contributed by atoms with Gasteiger partial charge >= 0.3 is 0 Å². The second-order valence-electron chi connectivity index (χ2n) is 6.13. The van der Waals surface area contributed by atoms with Crippen LogP contribution in [0.5, 0.6) is 0 Å². The summed E-state index contributed by atoms with van der Waals surface area (Å²) in [5.74, 6) is 0. The number of aryl methyl sites for hydroxylation is 1. The van der Waals surface area contributed by atoms with Crippen molar-refractivity contribution in [1.29, 1.82) is 5.26 Å². The molecule has 1 N–H and O–H groups in total. The quantitative estimate of drug-likeness (QED) is 0.922. The number of hydrogen-bond acceptors (Lipinski definition) is 3. The van der Waals surface area contributed by atoms with Crippen LogP contribution in [0.25, 0.3) is 11.1 Å². The number of nitrogens with zero attached hydrogens (tertiary/aromatic N) is 2. The molecule has 0 unspecified atom stereocenters. The molecule has 0 bridgehead atoms. The number of H-pyrrole nitrogens is 1. The highest BCUT2D eigenvalue weighted by Gasteiger charge is 2.12. The second-order valence-corrected chi connectivity index (χ2v) is 6.13. The molecule has 0 amide bonds. The molecule has 4 heteroatoms. The molecule has 1 aromatic heterocycles. The van der Waals surface area contributed by atoms with Crippen LogP contribution >= 0.6 is 0 Å². The van der Waals surface area contributed by atoms with Gasteiger partial charge in [-0.15, -0.1) is 0 Å². The summed E-state index contributed by atoms with van der Waals surface area (Å²) in [5, 5.41) is 9.26. The van der Waals surface area contributed by atoms with E-state index >= 15 is 0 Å². The molecule has 0 atom stereocenters. The minimum atomic E-state index is -0.320. The Balaban J connectivity index is 1.94. The Bertz CT molecular complexity index is 776. The Morgan fingerprint density at radius 2 is 1.74 bits per heavy atom. The monoisotopic (exact) mass is 307 g/mol. The summed E-state index contributed by atoms with van der Waals surface area (Å²) >= 11 is 0. The van der Waals surface area contributed by atoms with Crippen molar-refractivity contribution in [3.05, 3.63) is 51.9 Å². The van der Waals surface area contributed by atoms with Crippen LogP contribution in [-0.2, 0) is 0 Å². The largest absolute Gasteiger partial charge is 0.372 e. The molecule has 0 radical (unpaired) electrons. The van der Waals surface area contributed by atoms with Crippen LogP contribution in [0.3, 0.4) is 0 Å². The summed E-state index contributed by atoms with van der Waals surface area (Å²) in [7, 11) is 0. The molecule has 0 spiro atoms. The fraction of sp³-hybridized carbons (Fsp3) is 0.368. The van der Waals surface area contributed by atoms with E-state index in [0.29, 0.717) is 5.56 Å². The first-order valence-electron chi connectivity index (χ1n) is 8.18. The van der Waals surface area contributed by atoms with Crippen molar-refractivity contribution in [2.45, 2.75) is 32.6 Å². The van der Waals surface area contributed by atoms with Gasteiger partial charge in [-0.2, -0.15) is 5.26 Å². The lowest BCUT2D eigenvalue weighted by molar-refractivity contribution is 0.726. The zero-order valence-electron chi connectivity index (χ0n) is 13.4. The highest BCUT2D eigenvalue weighted by molar-refractivity contribution is 5.72. The minimum Gasteiger partial charge on any atom is -0.372 e. The molecule has 1 aromatic carbocycles. The number of benzene rings is 1. The van der Waals surface area contributed by atoms with Gasteiger partial charge in [-0.25, -0.2) is 0 Å². The van der Waals surface area contributed by atoms with E-state index in [1.165, 1.54) is 31.4 Å². The fourth-order valence-corrected chi connectivity index (χ4v) is 3.21. The standard InChI is InChI=1S/C19H21N3O/c1-14-12-17(18(13-20)19(23)21-14)15-6-8-16(9-7-15)22-10-4-2-3-5-11-22/h6-9,12H,2-5,10-11H2,1H3,(H,21,23). The molecule has 1 aliphatic rings. The average Bonchev–Trinajstić information content (AvgIpc) is 2.83. The Hall–Kier alpha value is -2.54. The van der Waals surface area contributed by atoms with Crippen LogP contribution < -0.4 is 10.5 Å². The van der Waals surface area contributed by atoms with Gasteiger partial charge in [-0.1, -0.05) is 25.0 Å². The molecule has 3 rings (SSSR count). The summed E-state index contributed by atoms with van der Waals surface area (Å²) in [5.41, 5.74) is 3.46. The SMILES string of the molecule is Cc1cc(-c2ccc(N3CCCCCC3)cc2)c(C#N)c(=O)[nH]1. The molecule has 118 valence electrons. The van der Waals surface area contributed by atoms with E-state index in [1.807, 2.05) is 31.2 Å². The number of anilines is 1. The maximum Gasteiger partial charge on any atom is 0.266 e. The fourth-order valence-electron chi connectivity index (χ4n) is 3.21. The van der Waals surface area contributed by atoms with Gasteiger partial charge in [-0.3, -0.25) is 4.79 Å². The second kappa shape index (κ2) is 6.70. The van der Waals surface area contributed by atoms with Gasteiger partial charge in [0.05, 0.1) is 0 Å². The van der Waals surface area contributed by atoms with Crippen LogP contribution in [0.15, 0.2) is 35.1 Å². The Morgan fingerprint density at radius 1 is 1.09 bits per heavy atom. The molecule has 0 aliphatic carbocycles. The van der Waals surface area contributed by atoms with E-state index in [0.717, 1.165) is 24.3 Å². The van der Waals surface area contributed by atoms with Gasteiger partial charge in [0.1, 0.15) is 11.6 Å². The van der Waals surface area contributed by atoms with Crippen molar-refractivity contribution in [1.82, 2.24) is 4.98 Å². The van der Waals surface area contributed by atoms with E-state index in [9.17, 15) is 10.1 Å². The van der Waals surface area contributed by atoms with Crippen molar-refractivity contribution < 1.29 is 0 Å². The molecule has 23 heavy (non-hydrogen) atoms. The van der Waals surface area contributed by atoms with Gasteiger partial charge in [0.15, 0.2) is 0 Å². The number of nitrogens with one attached hydrogen (secondary N) is 1. The van der Waals surface area contributed by atoms with E-state index < -0.39 is 0 Å². The lowest BCUT2D eigenvalue weighted by Crippen LogP contribution is -2.23. The Labute approximate surface area is 136 Å². The van der Waals surface area contributed by atoms with Crippen molar-refractivity contribution in [2.24, 2.45) is 0 Å². The van der Waals surface area contributed by atoms with Crippen LogP contribution in [0, 0.1) is 18.3 Å². The first kappa shape index (κ1) is 15.4. The summed E-state index contributed by atoms with van der Waals surface area (Å²) in [6.07, 6.45) is 5.11. The van der Waals surface area contributed by atoms with Gasteiger partial charge in [0.25, 0.3) is 5.56 Å². The number of pyridine rings is 1. The third-order valence-electron chi connectivity index (χ3n) is 4.43. The molecule has 1 saturated heterocycles. The molecule has 0 saturated carbocycles. The number of rotatable bonds is 2. The lowest BCUT2D eigenvalue weighted by atomic mass is 10.0. The predicted octanol–water partition coefficient (Wildman–Crippen LogP) is 3.60. The highest BCUT2D eigenvalue weighted by atomic mass is 16.1. The molecule has 1 fully saturated rings. The van der Waals surface area contributed by atoms with Crippen LogP contribution in [-0.4, -0.2) is 18.1 Å². The van der Waals surface area contributed by atoms with Crippen molar-refractivity contribution >= 4 is 5.69 Å². The maximum atomic E-state index is 11.9. The van der Waals surface area contributed by atoms with Crippen LogP contribution in [0.1, 0.15) is 36.9 Å². The summed E-state index contributed by atoms with van der Waals surface area (Å²) in [6, 6.07) is 12.1. The molecule has 1 aliphatic heterocycles. The van der Waals surface area contributed by atoms with E-state index in [4.69, 9.17) is 0 Å². The molecule has 2 aromatic rings. The topological polar surface area (TPSA) is 59.9 Å². The number of aromatic amines is 1. The number of nitriles is 1. The summed E-state index contributed by atoms with van der Waals surface area (Å²) in [4.78, 5) is 17.0. The highest BCUT2D eigenvalue weighted by Crippen LogP contribution is 2.26. The van der Waals surface area contributed by atoms with Crippen LogP contribution in [0.4, 0.5) is 5.69 Å². The minimum absolute atomic E-state index is 0.179. The molecule has 2 heterocycles. The average molecular weight is 307 g/mol. The van der Waals surface area contributed by atoms with E-state index in [1.54, 1.807) is 0 Å². The number of aromatic nitrogens is 1. The third kappa shape index (κ3) is 3.29. The smallest absolute Gasteiger partial charge is 0.266 e. The predicted molar refractivity (Wildman–Crippen MR) is 92.6 cm³/mol. The maximum absolute atomic E-state index is 11.9. The van der Waals surface area contributed by atoms with Crippen molar-refractivity contribution in [3.8, 4) is 17.2 Å². The van der Waals surface area contributed by atoms with Gasteiger partial charge in [0, 0.05) is 30.0 Å². The van der Waals surface area contributed by atoms with Gasteiger partial charge in [0.2, 0.25) is 0 Å². The van der Waals surface area contributed by atoms with Crippen molar-refractivity contribution in [2.75, 3.05) is 18.0 Å². The first-order chi connectivity index (χ1) is 11.2. The first-order valence-corrected chi connectivity index (χ1v) is 8.18. The van der Waals surface area contributed by atoms with Crippen LogP contribution in [0.2, 0.25) is 0 Å². The lowest BCUT2D eigenvalue weighted by Gasteiger charge is -2.22. The van der Waals surface area contributed by atoms with Gasteiger partial charge in [-0.05, 0) is 43.5 Å². The van der Waals surface area contributed by atoms with Gasteiger partial charge < -0.3 is 9.88 Å². The number of hydrogen-bond donors (Lipinski definition) is 1. The zero-order valence-corrected chi connectivity index (χ0v) is 13.4. The molecular formula is C19H21N3O. The summed E-state index contributed by atoms with van der Waals surface area (Å²) < 4.78 is 0. The Kier molecular flexibility index (Phi) is 4.47. The van der Waals surface area contributed by atoms with Crippen molar-refractivity contribution in [3.63, 3.8) is 0 Å². The zero-order chi connectivity index (χ0) is 16.2.